The quantitative estimate of drug-likeness (QED) is 0.406. The highest BCUT2D eigenvalue weighted by Crippen LogP contribution is 2.02. The van der Waals surface area contributed by atoms with Crippen LogP contribution < -0.4 is 16.0 Å². The first-order valence-corrected chi connectivity index (χ1v) is 7.15. The molecule has 0 spiro atoms. The number of nitrogens with one attached hydrogen (secondary N) is 3. The van der Waals surface area contributed by atoms with Crippen molar-refractivity contribution in [3.8, 4) is 0 Å². The van der Waals surface area contributed by atoms with Crippen LogP contribution in [0.3, 0.4) is 0 Å². The molecule has 0 aliphatic rings. The average molecular weight is 333 g/mol. The van der Waals surface area contributed by atoms with Gasteiger partial charge in [-0.1, -0.05) is 0 Å². The van der Waals surface area contributed by atoms with Crippen LogP contribution in [0.15, 0.2) is 0 Å². The number of rotatable bonds is 10. The summed E-state index contributed by atoms with van der Waals surface area (Å²) in [6.07, 6.45) is 0.0397. The van der Waals surface area contributed by atoms with Crippen molar-refractivity contribution in [1.29, 1.82) is 0 Å². The zero-order valence-electron chi connectivity index (χ0n) is 13.2. The third kappa shape index (κ3) is 10.8. The lowest BCUT2D eigenvalue weighted by molar-refractivity contribution is -0.138. The van der Waals surface area contributed by atoms with Gasteiger partial charge in [-0.15, -0.1) is 0 Å². The van der Waals surface area contributed by atoms with Crippen molar-refractivity contribution in [2.75, 3.05) is 26.8 Å². The predicted molar refractivity (Wildman–Crippen MR) is 78.8 cm³/mol. The van der Waals surface area contributed by atoms with Gasteiger partial charge in [0.05, 0.1) is 13.7 Å². The molecule has 0 aromatic carbocycles. The Hall–Kier alpha value is -2.52. The van der Waals surface area contributed by atoms with Gasteiger partial charge in [-0.25, -0.2) is 9.59 Å². The van der Waals surface area contributed by atoms with Crippen LogP contribution >= 0.6 is 0 Å². The third-order valence-electron chi connectivity index (χ3n) is 2.67. The highest BCUT2D eigenvalue weighted by Gasteiger charge is 2.21. The van der Waals surface area contributed by atoms with Gasteiger partial charge < -0.3 is 30.5 Å². The van der Waals surface area contributed by atoms with E-state index in [4.69, 9.17) is 5.11 Å². The Kier molecular flexibility index (Phi) is 10.7. The molecular formula is C13H23N3O7. The second kappa shape index (κ2) is 12.1. The van der Waals surface area contributed by atoms with E-state index in [1.54, 1.807) is 6.92 Å². The third-order valence-corrected chi connectivity index (χ3v) is 2.67. The second-order valence-electron chi connectivity index (χ2n) is 4.44. The van der Waals surface area contributed by atoms with E-state index < -0.39 is 36.6 Å². The fourth-order valence-electron chi connectivity index (χ4n) is 1.60. The van der Waals surface area contributed by atoms with Crippen LogP contribution in [0.1, 0.15) is 26.2 Å². The Morgan fingerprint density at radius 2 is 1.78 bits per heavy atom. The molecular weight excluding hydrogens is 310 g/mol. The number of carboxylic acids is 1. The van der Waals surface area contributed by atoms with E-state index >= 15 is 0 Å². The number of hydrogen-bond acceptors (Lipinski definition) is 6. The average Bonchev–Trinajstić information content (AvgIpc) is 2.51. The summed E-state index contributed by atoms with van der Waals surface area (Å²) in [6, 6.07) is -0.913. The number of carbonyl (C=O) groups excluding carboxylic acids is 3. The van der Waals surface area contributed by atoms with Gasteiger partial charge >= 0.3 is 18.2 Å². The van der Waals surface area contributed by atoms with E-state index in [9.17, 15) is 19.2 Å². The van der Waals surface area contributed by atoms with E-state index in [1.807, 2.05) is 0 Å². The lowest BCUT2D eigenvalue weighted by Crippen LogP contribution is -2.47. The molecule has 10 nitrogen and oxygen atoms in total. The number of carbonyl (C=O) groups is 4. The van der Waals surface area contributed by atoms with Crippen LogP contribution in [-0.4, -0.2) is 62.0 Å². The van der Waals surface area contributed by atoms with Gasteiger partial charge in [-0.05, 0) is 26.2 Å². The fourth-order valence-corrected chi connectivity index (χ4v) is 1.60. The van der Waals surface area contributed by atoms with Gasteiger partial charge in [0.2, 0.25) is 5.91 Å². The maximum absolute atomic E-state index is 11.8. The molecule has 0 radical (unpaired) electrons. The summed E-state index contributed by atoms with van der Waals surface area (Å²) in [5.74, 6) is -1.80. The summed E-state index contributed by atoms with van der Waals surface area (Å²) < 4.78 is 9.11. The molecule has 0 aliphatic heterocycles. The lowest BCUT2D eigenvalue weighted by atomic mass is 10.1. The molecule has 0 rings (SSSR count). The maximum atomic E-state index is 11.8. The van der Waals surface area contributed by atoms with Gasteiger partial charge in [-0.2, -0.15) is 0 Å². The van der Waals surface area contributed by atoms with Crippen molar-refractivity contribution in [3.05, 3.63) is 0 Å². The van der Waals surface area contributed by atoms with Crippen molar-refractivity contribution in [2.45, 2.75) is 32.2 Å². The maximum Gasteiger partial charge on any atom is 0.407 e. The first-order valence-electron chi connectivity index (χ1n) is 7.15. The van der Waals surface area contributed by atoms with E-state index in [0.717, 1.165) is 7.11 Å². The van der Waals surface area contributed by atoms with Crippen LogP contribution in [-0.2, 0) is 19.1 Å². The summed E-state index contributed by atoms with van der Waals surface area (Å²) in [5, 5.41) is 15.6. The smallest absolute Gasteiger partial charge is 0.407 e. The Morgan fingerprint density at radius 1 is 1.09 bits per heavy atom. The first-order chi connectivity index (χ1) is 10.9. The summed E-state index contributed by atoms with van der Waals surface area (Å²) in [6.45, 7) is 1.79. The van der Waals surface area contributed by atoms with Crippen molar-refractivity contribution in [2.24, 2.45) is 0 Å². The summed E-state index contributed by atoms with van der Waals surface area (Å²) >= 11 is 0. The fraction of sp³-hybridized carbons (Fsp3) is 0.692. The molecule has 132 valence electrons. The van der Waals surface area contributed by atoms with E-state index in [0.29, 0.717) is 19.4 Å². The summed E-state index contributed by atoms with van der Waals surface area (Å²) in [7, 11) is 1.16. The molecule has 4 N–H and O–H groups in total. The zero-order chi connectivity index (χ0) is 17.7. The molecule has 0 saturated carbocycles. The molecule has 0 saturated heterocycles. The van der Waals surface area contributed by atoms with Gasteiger partial charge in [-0.3, -0.25) is 9.59 Å². The van der Waals surface area contributed by atoms with Crippen LogP contribution in [0.5, 0.6) is 0 Å². The first kappa shape index (κ1) is 20.5. The van der Waals surface area contributed by atoms with E-state index in [-0.39, 0.29) is 13.0 Å². The second-order valence-corrected chi connectivity index (χ2v) is 4.44. The Labute approximate surface area is 133 Å². The van der Waals surface area contributed by atoms with Crippen molar-refractivity contribution in [1.82, 2.24) is 16.0 Å². The number of aliphatic carboxylic acids is 1. The van der Waals surface area contributed by atoms with Crippen molar-refractivity contribution < 1.29 is 33.8 Å². The standard InChI is InChI=1S/C13H23N3O7/c1-3-23-12(20)14-7-5-4-6-9(16-13(21)22-2)11(19)15-8-10(17)18/h9H,3-8H2,1-2H3,(H,14,20)(H,15,19)(H,16,21)(H,17,18). The zero-order valence-corrected chi connectivity index (χ0v) is 13.2. The molecule has 0 aliphatic carbocycles. The minimum atomic E-state index is -1.19. The van der Waals surface area contributed by atoms with Crippen LogP contribution in [0.2, 0.25) is 0 Å². The summed E-state index contributed by atoms with van der Waals surface area (Å²) in [4.78, 5) is 44.5. The molecule has 1 unspecified atom stereocenters. The normalized spacial score (nSPS) is 11.0. The van der Waals surface area contributed by atoms with Crippen LogP contribution in [0, 0.1) is 0 Å². The minimum Gasteiger partial charge on any atom is -0.480 e. The minimum absolute atomic E-state index is 0.269. The number of alkyl carbamates (subject to hydrolysis) is 2. The monoisotopic (exact) mass is 333 g/mol. The van der Waals surface area contributed by atoms with Gasteiger partial charge in [0.25, 0.3) is 0 Å². The topological polar surface area (TPSA) is 143 Å². The molecule has 3 amide bonds. The molecule has 0 bridgehead atoms. The molecule has 1 atom stereocenters. The molecule has 10 heteroatoms. The molecule has 0 heterocycles. The highest BCUT2D eigenvalue weighted by molar-refractivity contribution is 5.87. The summed E-state index contributed by atoms with van der Waals surface area (Å²) in [5.41, 5.74) is 0. The number of ether oxygens (including phenoxy) is 2. The SMILES string of the molecule is CCOC(=O)NCCCCC(NC(=O)OC)C(=O)NCC(=O)O. The predicted octanol–water partition coefficient (Wildman–Crippen LogP) is -0.172. The molecule has 23 heavy (non-hydrogen) atoms. The highest BCUT2D eigenvalue weighted by atomic mass is 16.5. The van der Waals surface area contributed by atoms with E-state index in [1.165, 1.54) is 0 Å². The number of methoxy groups -OCH3 is 1. The van der Waals surface area contributed by atoms with Crippen molar-refractivity contribution >= 4 is 24.1 Å². The Morgan fingerprint density at radius 3 is 2.35 bits per heavy atom. The lowest BCUT2D eigenvalue weighted by Gasteiger charge is -2.17. The number of unbranched alkanes of at least 4 members (excludes halogenated alkanes) is 1. The van der Waals surface area contributed by atoms with Crippen molar-refractivity contribution in [3.63, 3.8) is 0 Å². The Balaban J connectivity index is 4.20. The molecule has 0 fully saturated rings. The van der Waals surface area contributed by atoms with Gasteiger partial charge in [0.15, 0.2) is 0 Å². The van der Waals surface area contributed by atoms with Crippen LogP contribution in [0.25, 0.3) is 0 Å². The number of hydrogen-bond donors (Lipinski definition) is 4. The van der Waals surface area contributed by atoms with Crippen LogP contribution in [0.4, 0.5) is 9.59 Å². The molecule has 0 aromatic rings. The van der Waals surface area contributed by atoms with Gasteiger partial charge in [0.1, 0.15) is 12.6 Å². The van der Waals surface area contributed by atoms with E-state index in [2.05, 4.69) is 25.4 Å². The van der Waals surface area contributed by atoms with Gasteiger partial charge in [0, 0.05) is 6.54 Å². The Bertz CT molecular complexity index is 414. The number of amides is 3. The largest absolute Gasteiger partial charge is 0.480 e. The number of carboxylic acid groups (broad SMARTS) is 1. The molecule has 0 aromatic heterocycles.